The Bertz CT molecular complexity index is 576. The molecule has 0 aliphatic carbocycles. The molecule has 150 valence electrons. The van der Waals surface area contributed by atoms with Crippen LogP contribution in [-0.4, -0.2) is 60.7 Å². The lowest BCUT2D eigenvalue weighted by Gasteiger charge is -2.26. The van der Waals surface area contributed by atoms with E-state index < -0.39 is 0 Å². The van der Waals surface area contributed by atoms with Gasteiger partial charge in [-0.2, -0.15) is 5.10 Å². The molecule has 26 heavy (non-hydrogen) atoms. The molecule has 0 saturated carbocycles. The second-order valence-electron chi connectivity index (χ2n) is 5.67. The van der Waals surface area contributed by atoms with Crippen LogP contribution in [0.25, 0.3) is 10.9 Å². The molecule has 0 radical (unpaired) electrons. The maximum atomic E-state index is 5.36. The van der Waals surface area contributed by atoms with Gasteiger partial charge in [-0.3, -0.25) is 9.58 Å². The fourth-order valence-corrected chi connectivity index (χ4v) is 2.62. The number of hydrogen-bond acceptors (Lipinski definition) is 4. The van der Waals surface area contributed by atoms with Crippen LogP contribution in [0, 0.1) is 6.92 Å². The summed E-state index contributed by atoms with van der Waals surface area (Å²) in [6.45, 7) is 17.6. The highest BCUT2D eigenvalue weighted by Gasteiger charge is 2.10. The molecule has 0 amide bonds. The Morgan fingerprint density at radius 2 is 1.73 bits per heavy atom. The van der Waals surface area contributed by atoms with E-state index in [4.69, 9.17) is 9.47 Å². The van der Waals surface area contributed by atoms with Crippen molar-refractivity contribution >= 4 is 10.9 Å². The van der Waals surface area contributed by atoms with Gasteiger partial charge >= 0.3 is 0 Å². The van der Waals surface area contributed by atoms with E-state index in [1.165, 1.54) is 16.5 Å². The molecule has 5 nitrogen and oxygen atoms in total. The van der Waals surface area contributed by atoms with Crippen LogP contribution in [0.5, 0.6) is 0 Å². The molecule has 0 N–H and O–H groups in total. The van der Waals surface area contributed by atoms with Crippen LogP contribution >= 0.6 is 0 Å². The van der Waals surface area contributed by atoms with Crippen LogP contribution in [0.4, 0.5) is 0 Å². The van der Waals surface area contributed by atoms with Gasteiger partial charge in [0.05, 0.1) is 31.5 Å². The van der Waals surface area contributed by atoms with E-state index in [-0.39, 0.29) is 7.43 Å². The van der Waals surface area contributed by atoms with Gasteiger partial charge in [0, 0.05) is 38.2 Å². The molecule has 2 heterocycles. The summed E-state index contributed by atoms with van der Waals surface area (Å²) in [5.74, 6) is 0. The van der Waals surface area contributed by atoms with Crippen molar-refractivity contribution in [2.45, 2.75) is 48.6 Å². The summed E-state index contributed by atoms with van der Waals surface area (Å²) in [7, 11) is 0. The van der Waals surface area contributed by atoms with Crippen LogP contribution < -0.4 is 0 Å². The largest absolute Gasteiger partial charge is 0.382 e. The highest BCUT2D eigenvalue weighted by molar-refractivity contribution is 5.79. The Morgan fingerprint density at radius 3 is 2.31 bits per heavy atom. The van der Waals surface area contributed by atoms with Gasteiger partial charge in [-0.25, -0.2) is 0 Å². The highest BCUT2D eigenvalue weighted by Crippen LogP contribution is 2.15. The summed E-state index contributed by atoms with van der Waals surface area (Å²) in [5, 5.41) is 5.70. The van der Waals surface area contributed by atoms with Crippen molar-refractivity contribution in [3.8, 4) is 0 Å². The molecule has 1 aliphatic rings. The van der Waals surface area contributed by atoms with E-state index in [1.54, 1.807) is 0 Å². The first-order valence-electron chi connectivity index (χ1n) is 9.54. The summed E-state index contributed by atoms with van der Waals surface area (Å²) in [6, 6.07) is 6.49. The zero-order valence-electron chi connectivity index (χ0n) is 16.6. The maximum Gasteiger partial charge on any atom is 0.0685 e. The van der Waals surface area contributed by atoms with E-state index in [9.17, 15) is 0 Å². The lowest BCUT2D eigenvalue weighted by molar-refractivity contribution is 0.0361. The van der Waals surface area contributed by atoms with E-state index >= 15 is 0 Å². The van der Waals surface area contributed by atoms with Gasteiger partial charge in [-0.05, 0) is 32.4 Å². The molecule has 5 heteroatoms. The summed E-state index contributed by atoms with van der Waals surface area (Å²) in [4.78, 5) is 2.44. The normalized spacial score (nSPS) is 13.9. The Morgan fingerprint density at radius 1 is 1.08 bits per heavy atom. The molecule has 1 fully saturated rings. The molecule has 0 unspecified atom stereocenters. The average Bonchev–Trinajstić information content (AvgIpc) is 3.06. The van der Waals surface area contributed by atoms with Crippen molar-refractivity contribution in [3.05, 3.63) is 30.0 Å². The fourth-order valence-electron chi connectivity index (χ4n) is 2.62. The number of hydrogen-bond donors (Lipinski definition) is 0. The first-order chi connectivity index (χ1) is 12.2. The molecule has 0 atom stereocenters. The Kier molecular flexibility index (Phi) is 13.9. The fraction of sp³-hybridized carbons (Fsp3) is 0.667. The van der Waals surface area contributed by atoms with Crippen molar-refractivity contribution in [1.82, 2.24) is 14.7 Å². The molecular weight excluding hydrogens is 326 g/mol. The van der Waals surface area contributed by atoms with Crippen LogP contribution in [0.15, 0.2) is 24.4 Å². The predicted molar refractivity (Wildman–Crippen MR) is 112 cm³/mol. The second-order valence-corrected chi connectivity index (χ2v) is 5.67. The van der Waals surface area contributed by atoms with Gasteiger partial charge < -0.3 is 9.47 Å². The minimum absolute atomic E-state index is 0. The zero-order chi connectivity index (χ0) is 18.5. The lowest BCUT2D eigenvalue weighted by atomic mass is 10.2. The van der Waals surface area contributed by atoms with Crippen LogP contribution in [0.3, 0.4) is 0 Å². The Hall–Kier alpha value is -1.43. The number of fused-ring (bicyclic) bond motifs is 1. The number of morpholine rings is 1. The van der Waals surface area contributed by atoms with Gasteiger partial charge in [0.25, 0.3) is 0 Å². The monoisotopic (exact) mass is 365 g/mol. The van der Waals surface area contributed by atoms with Crippen LogP contribution in [0.2, 0.25) is 0 Å². The quantitative estimate of drug-likeness (QED) is 0.788. The minimum atomic E-state index is 0. The first-order valence-corrected chi connectivity index (χ1v) is 9.54. The van der Waals surface area contributed by atoms with Gasteiger partial charge in [-0.15, -0.1) is 0 Å². The summed E-state index contributed by atoms with van der Waals surface area (Å²) in [5.41, 5.74) is 2.53. The van der Waals surface area contributed by atoms with Crippen molar-refractivity contribution in [1.29, 1.82) is 0 Å². The third kappa shape index (κ3) is 8.30. The van der Waals surface area contributed by atoms with Gasteiger partial charge in [-0.1, -0.05) is 33.4 Å². The average molecular weight is 366 g/mol. The van der Waals surface area contributed by atoms with Crippen molar-refractivity contribution < 1.29 is 9.47 Å². The summed E-state index contributed by atoms with van der Waals surface area (Å²) < 4.78 is 12.3. The predicted octanol–water partition coefficient (Wildman–Crippen LogP) is 4.38. The number of aromatic nitrogens is 2. The van der Waals surface area contributed by atoms with Crippen molar-refractivity contribution in [2.75, 3.05) is 46.1 Å². The zero-order valence-corrected chi connectivity index (χ0v) is 16.6. The molecular formula is C21H39N3O2. The molecule has 1 saturated heterocycles. The van der Waals surface area contributed by atoms with Gasteiger partial charge in [0.2, 0.25) is 0 Å². The van der Waals surface area contributed by atoms with E-state index in [0.717, 1.165) is 52.6 Å². The Balaban J connectivity index is 0.000000683. The van der Waals surface area contributed by atoms with Crippen molar-refractivity contribution in [3.63, 3.8) is 0 Å². The second kappa shape index (κ2) is 14.7. The summed E-state index contributed by atoms with van der Waals surface area (Å²) >= 11 is 0. The SMILES string of the molecule is C.CC.CCOCC.Cc1ccc2cnn(CCN3CCOCC3)c2c1. The van der Waals surface area contributed by atoms with Crippen molar-refractivity contribution in [2.24, 2.45) is 0 Å². The molecule has 3 rings (SSSR count). The maximum absolute atomic E-state index is 5.36. The molecule has 1 aromatic heterocycles. The van der Waals surface area contributed by atoms with E-state index in [1.807, 2.05) is 33.9 Å². The Labute approximate surface area is 160 Å². The summed E-state index contributed by atoms with van der Waals surface area (Å²) in [6.07, 6.45) is 1.95. The third-order valence-electron chi connectivity index (χ3n) is 3.94. The van der Waals surface area contributed by atoms with Gasteiger partial charge in [0.1, 0.15) is 0 Å². The molecule has 1 aromatic carbocycles. The highest BCUT2D eigenvalue weighted by atomic mass is 16.5. The number of aryl methyl sites for hydroxylation is 1. The molecule has 0 spiro atoms. The standard InChI is InChI=1S/C14H19N3O.C4H10O.C2H6.CH4/c1-12-2-3-13-11-15-17(14(13)10-12)5-4-16-6-8-18-9-7-16;1-3-5-4-2;1-2;/h2-3,10-11H,4-9H2,1H3;3-4H2,1-2H3;1-2H3;1H4. The minimum Gasteiger partial charge on any atom is -0.382 e. The number of nitrogens with zero attached hydrogens (tertiary/aromatic N) is 3. The lowest BCUT2D eigenvalue weighted by Crippen LogP contribution is -2.38. The van der Waals surface area contributed by atoms with E-state index in [2.05, 4.69) is 39.8 Å². The number of ether oxygens (including phenoxy) is 2. The number of rotatable bonds is 5. The molecule has 0 bridgehead atoms. The number of benzene rings is 1. The topological polar surface area (TPSA) is 39.5 Å². The van der Waals surface area contributed by atoms with E-state index in [0.29, 0.717) is 0 Å². The molecule has 2 aromatic rings. The van der Waals surface area contributed by atoms with Crippen LogP contribution in [-0.2, 0) is 16.0 Å². The third-order valence-corrected chi connectivity index (χ3v) is 3.94. The van der Waals surface area contributed by atoms with Crippen LogP contribution in [0.1, 0.15) is 40.7 Å². The molecule has 1 aliphatic heterocycles. The first kappa shape index (κ1) is 24.6. The smallest absolute Gasteiger partial charge is 0.0685 e. The van der Waals surface area contributed by atoms with Gasteiger partial charge in [0.15, 0.2) is 0 Å².